The minimum Gasteiger partial charge on any atom is -0.444 e. The molecule has 0 bridgehead atoms. The summed E-state index contributed by atoms with van der Waals surface area (Å²) in [5.74, 6) is 1.50. The Bertz CT molecular complexity index is 626. The molecule has 1 aliphatic rings. The fraction of sp³-hybridized carbons (Fsp3) is 0.714. The summed E-state index contributed by atoms with van der Waals surface area (Å²) in [5.41, 5.74) is -0.464. The molecule has 9 heteroatoms. The number of piperidine rings is 1. The highest BCUT2D eigenvalue weighted by molar-refractivity contribution is 14.0. The Balaban J connectivity index is 0.00000450. The van der Waals surface area contributed by atoms with Gasteiger partial charge < -0.3 is 20.7 Å². The van der Waals surface area contributed by atoms with Gasteiger partial charge >= 0.3 is 6.09 Å². The van der Waals surface area contributed by atoms with Crippen molar-refractivity contribution >= 4 is 47.4 Å². The van der Waals surface area contributed by atoms with E-state index in [0.717, 1.165) is 45.1 Å². The minimum absolute atomic E-state index is 0. The van der Waals surface area contributed by atoms with E-state index in [2.05, 4.69) is 43.4 Å². The van der Waals surface area contributed by atoms with Gasteiger partial charge in [0.1, 0.15) is 5.60 Å². The largest absolute Gasteiger partial charge is 0.444 e. The quantitative estimate of drug-likeness (QED) is 0.199. The van der Waals surface area contributed by atoms with Gasteiger partial charge in [-0.2, -0.15) is 0 Å². The molecule has 0 unspecified atom stereocenters. The lowest BCUT2D eigenvalue weighted by Crippen LogP contribution is -2.43. The lowest BCUT2D eigenvalue weighted by atomic mass is 9.97. The topological polar surface area (TPSA) is 78.0 Å². The van der Waals surface area contributed by atoms with Crippen LogP contribution in [0.4, 0.5) is 4.79 Å². The summed E-state index contributed by atoms with van der Waals surface area (Å²) in [6, 6.07) is 4.35. The highest BCUT2D eigenvalue weighted by Crippen LogP contribution is 2.20. The van der Waals surface area contributed by atoms with E-state index in [1.54, 1.807) is 7.05 Å². The molecule has 7 nitrogen and oxygen atoms in total. The third-order valence-electron chi connectivity index (χ3n) is 4.76. The molecule has 30 heavy (non-hydrogen) atoms. The van der Waals surface area contributed by atoms with Gasteiger partial charge in [0.25, 0.3) is 0 Å². The number of carbonyl (C=O) groups excluding carboxylic acids is 1. The van der Waals surface area contributed by atoms with Crippen molar-refractivity contribution in [2.75, 3.05) is 39.8 Å². The van der Waals surface area contributed by atoms with Crippen LogP contribution in [0, 0.1) is 5.92 Å². The average Bonchev–Trinajstić information content (AvgIpc) is 3.17. The van der Waals surface area contributed by atoms with Crippen molar-refractivity contribution < 1.29 is 9.53 Å². The van der Waals surface area contributed by atoms with Gasteiger partial charge in [0, 0.05) is 38.1 Å². The van der Waals surface area contributed by atoms with E-state index in [1.807, 2.05) is 32.1 Å². The van der Waals surface area contributed by atoms with Crippen molar-refractivity contribution in [2.45, 2.75) is 52.2 Å². The lowest BCUT2D eigenvalue weighted by molar-refractivity contribution is 0.0527. The molecule has 1 aromatic rings. The van der Waals surface area contributed by atoms with Crippen LogP contribution < -0.4 is 16.0 Å². The Kier molecular flexibility index (Phi) is 12.7. The molecule has 0 saturated carbocycles. The molecular formula is C21H38IN5O2S. The second-order valence-electron chi connectivity index (χ2n) is 8.46. The third-order valence-corrected chi connectivity index (χ3v) is 5.62. The van der Waals surface area contributed by atoms with E-state index in [-0.39, 0.29) is 30.1 Å². The summed E-state index contributed by atoms with van der Waals surface area (Å²) in [6.07, 6.45) is 2.87. The van der Waals surface area contributed by atoms with Crippen LogP contribution in [-0.2, 0) is 11.3 Å². The Morgan fingerprint density at radius 1 is 1.23 bits per heavy atom. The standard InChI is InChI=1S/C21H37N5O2S.HI/c1-21(2,3)28-20(27)24-11-6-10-23-19(22-4)25-15-17-8-12-26(13-9-17)16-18-7-5-14-29-18;/h5,7,14,17H,6,8-13,15-16H2,1-4H3,(H,24,27)(H2,22,23,25);1H. The average molecular weight is 552 g/mol. The number of nitrogens with zero attached hydrogens (tertiary/aromatic N) is 2. The highest BCUT2D eigenvalue weighted by Gasteiger charge is 2.19. The van der Waals surface area contributed by atoms with Gasteiger partial charge in [-0.25, -0.2) is 4.79 Å². The molecule has 1 aromatic heterocycles. The zero-order chi connectivity index (χ0) is 21.1. The molecule has 0 radical (unpaired) electrons. The van der Waals surface area contributed by atoms with Crippen molar-refractivity contribution in [2.24, 2.45) is 10.9 Å². The number of thiophene rings is 1. The van der Waals surface area contributed by atoms with Crippen LogP contribution in [0.5, 0.6) is 0 Å². The van der Waals surface area contributed by atoms with Crippen molar-refractivity contribution in [3.8, 4) is 0 Å². The van der Waals surface area contributed by atoms with Crippen LogP contribution in [0.25, 0.3) is 0 Å². The zero-order valence-corrected chi connectivity index (χ0v) is 21.8. The Labute approximate surface area is 202 Å². The van der Waals surface area contributed by atoms with Crippen LogP contribution in [0.15, 0.2) is 22.5 Å². The first-order valence-corrected chi connectivity index (χ1v) is 11.4. The van der Waals surface area contributed by atoms with Crippen molar-refractivity contribution in [3.63, 3.8) is 0 Å². The zero-order valence-electron chi connectivity index (χ0n) is 18.7. The van der Waals surface area contributed by atoms with Crippen LogP contribution in [0.2, 0.25) is 0 Å². The molecule has 172 valence electrons. The first-order valence-electron chi connectivity index (χ1n) is 10.5. The van der Waals surface area contributed by atoms with E-state index in [0.29, 0.717) is 12.5 Å². The van der Waals surface area contributed by atoms with E-state index in [9.17, 15) is 4.79 Å². The van der Waals surface area contributed by atoms with Gasteiger partial charge in [0.2, 0.25) is 0 Å². The number of aliphatic imine (C=N–C) groups is 1. The van der Waals surface area contributed by atoms with Crippen LogP contribution >= 0.6 is 35.3 Å². The minimum atomic E-state index is -0.464. The first kappa shape index (κ1) is 27.0. The molecule has 3 N–H and O–H groups in total. The molecule has 2 heterocycles. The maximum atomic E-state index is 11.6. The lowest BCUT2D eigenvalue weighted by Gasteiger charge is -2.32. The number of alkyl carbamates (subject to hydrolysis) is 1. The number of rotatable bonds is 8. The molecule has 2 rings (SSSR count). The van der Waals surface area contributed by atoms with Gasteiger partial charge in [0.05, 0.1) is 0 Å². The van der Waals surface area contributed by atoms with Crippen molar-refractivity contribution in [3.05, 3.63) is 22.4 Å². The second-order valence-corrected chi connectivity index (χ2v) is 9.49. The number of guanidine groups is 1. The molecule has 0 aromatic carbocycles. The molecule has 1 aliphatic heterocycles. The number of amides is 1. The number of likely N-dealkylation sites (tertiary alicyclic amines) is 1. The summed E-state index contributed by atoms with van der Waals surface area (Å²) < 4.78 is 5.22. The predicted octanol–water partition coefficient (Wildman–Crippen LogP) is 3.66. The van der Waals surface area contributed by atoms with E-state index < -0.39 is 5.60 Å². The summed E-state index contributed by atoms with van der Waals surface area (Å²) in [4.78, 5) is 19.9. The molecule has 1 saturated heterocycles. The van der Waals surface area contributed by atoms with Crippen LogP contribution in [0.1, 0.15) is 44.9 Å². The van der Waals surface area contributed by atoms with E-state index in [1.165, 1.54) is 17.7 Å². The maximum absolute atomic E-state index is 11.6. The number of hydrogen-bond donors (Lipinski definition) is 3. The predicted molar refractivity (Wildman–Crippen MR) is 136 cm³/mol. The van der Waals surface area contributed by atoms with Gasteiger partial charge in [-0.15, -0.1) is 35.3 Å². The van der Waals surface area contributed by atoms with Crippen LogP contribution in [-0.4, -0.2) is 62.3 Å². The monoisotopic (exact) mass is 551 g/mol. The second kappa shape index (κ2) is 14.1. The van der Waals surface area contributed by atoms with Gasteiger partial charge in [-0.05, 0) is 70.5 Å². The van der Waals surface area contributed by atoms with E-state index >= 15 is 0 Å². The number of nitrogens with one attached hydrogen (secondary N) is 3. The van der Waals surface area contributed by atoms with Crippen molar-refractivity contribution in [1.82, 2.24) is 20.9 Å². The summed E-state index contributed by atoms with van der Waals surface area (Å²) >= 11 is 1.84. The molecule has 1 amide bonds. The maximum Gasteiger partial charge on any atom is 0.407 e. The van der Waals surface area contributed by atoms with Crippen molar-refractivity contribution in [1.29, 1.82) is 0 Å². The number of ether oxygens (including phenoxy) is 1. The number of carbonyl (C=O) groups is 1. The molecular weight excluding hydrogens is 513 g/mol. The Hall–Kier alpha value is -1.07. The normalized spacial score (nSPS) is 15.9. The van der Waals surface area contributed by atoms with Gasteiger partial charge in [0.15, 0.2) is 5.96 Å². The SMILES string of the molecule is CN=C(NCCCNC(=O)OC(C)(C)C)NCC1CCN(Cc2cccs2)CC1.I. The molecule has 0 spiro atoms. The molecule has 0 aliphatic carbocycles. The first-order chi connectivity index (χ1) is 13.9. The third kappa shape index (κ3) is 11.4. The Morgan fingerprint density at radius 3 is 2.53 bits per heavy atom. The van der Waals surface area contributed by atoms with Gasteiger partial charge in [-0.3, -0.25) is 9.89 Å². The summed E-state index contributed by atoms with van der Waals surface area (Å²) in [7, 11) is 1.79. The molecule has 0 atom stereocenters. The van der Waals surface area contributed by atoms with Crippen LogP contribution in [0.3, 0.4) is 0 Å². The highest BCUT2D eigenvalue weighted by atomic mass is 127. The smallest absolute Gasteiger partial charge is 0.407 e. The number of hydrogen-bond acceptors (Lipinski definition) is 5. The fourth-order valence-electron chi connectivity index (χ4n) is 3.23. The summed E-state index contributed by atoms with van der Waals surface area (Å²) in [6.45, 7) is 11.2. The Morgan fingerprint density at radius 2 is 1.93 bits per heavy atom. The van der Waals surface area contributed by atoms with Gasteiger partial charge in [-0.1, -0.05) is 6.07 Å². The molecule has 1 fully saturated rings. The summed E-state index contributed by atoms with van der Waals surface area (Å²) in [5, 5.41) is 11.7. The number of halogens is 1. The van der Waals surface area contributed by atoms with E-state index in [4.69, 9.17) is 4.74 Å². The fourth-order valence-corrected chi connectivity index (χ4v) is 3.98.